The van der Waals surface area contributed by atoms with Crippen LogP contribution in [0.15, 0.2) is 24.3 Å². The van der Waals surface area contributed by atoms with Crippen LogP contribution in [0.1, 0.15) is 62.5 Å². The van der Waals surface area contributed by atoms with Crippen molar-refractivity contribution in [1.29, 1.82) is 0 Å². The first kappa shape index (κ1) is 15.0. The minimum Gasteiger partial charge on any atom is -0.342 e. The van der Waals surface area contributed by atoms with Crippen molar-refractivity contribution in [2.24, 2.45) is 17.3 Å². The van der Waals surface area contributed by atoms with Crippen LogP contribution < -0.4 is 0 Å². The van der Waals surface area contributed by atoms with Crippen molar-refractivity contribution in [3.63, 3.8) is 0 Å². The predicted octanol–water partition coefficient (Wildman–Crippen LogP) is 4.46. The Bertz CT molecular complexity index is 641. The molecule has 0 aromatic heterocycles. The van der Waals surface area contributed by atoms with E-state index in [4.69, 9.17) is 0 Å². The molecule has 4 saturated carbocycles. The first-order valence-electron chi connectivity index (χ1n) is 9.95. The average molecular weight is 323 g/mol. The summed E-state index contributed by atoms with van der Waals surface area (Å²) in [5.74, 6) is 2.07. The molecule has 2 atom stereocenters. The van der Waals surface area contributed by atoms with Gasteiger partial charge in [-0.3, -0.25) is 4.79 Å². The van der Waals surface area contributed by atoms with Gasteiger partial charge in [-0.1, -0.05) is 29.8 Å². The van der Waals surface area contributed by atoms with Gasteiger partial charge in [0.25, 0.3) is 0 Å². The number of amides is 1. The lowest BCUT2D eigenvalue weighted by molar-refractivity contribution is -0.159. The van der Waals surface area contributed by atoms with Gasteiger partial charge in [0.15, 0.2) is 0 Å². The first-order valence-corrected chi connectivity index (χ1v) is 9.95. The lowest BCUT2D eigenvalue weighted by Gasteiger charge is -2.62. The monoisotopic (exact) mass is 323 g/mol. The van der Waals surface area contributed by atoms with E-state index < -0.39 is 0 Å². The molecule has 5 fully saturated rings. The summed E-state index contributed by atoms with van der Waals surface area (Å²) in [6, 6.07) is 9.25. The van der Waals surface area contributed by atoms with Gasteiger partial charge in [-0.25, -0.2) is 0 Å². The molecular weight excluding hydrogens is 294 g/mol. The molecule has 1 amide bonds. The van der Waals surface area contributed by atoms with Gasteiger partial charge in [0, 0.05) is 13.1 Å². The van der Waals surface area contributed by atoms with Gasteiger partial charge < -0.3 is 4.90 Å². The largest absolute Gasteiger partial charge is 0.342 e. The van der Waals surface area contributed by atoms with E-state index in [1.807, 2.05) is 0 Å². The molecule has 5 aliphatic rings. The molecule has 1 aliphatic heterocycles. The fourth-order valence-corrected chi connectivity index (χ4v) is 7.01. The van der Waals surface area contributed by atoms with Crippen LogP contribution in [0, 0.1) is 24.2 Å². The smallest absolute Gasteiger partial charge is 0.228 e. The second-order valence-electron chi connectivity index (χ2n) is 9.39. The highest BCUT2D eigenvalue weighted by Gasteiger charge is 2.61. The van der Waals surface area contributed by atoms with Crippen molar-refractivity contribution in [2.75, 3.05) is 13.1 Å². The second-order valence-corrected chi connectivity index (χ2v) is 9.39. The maximum atomic E-state index is 13.5. The molecular formula is C22H29NO. The van der Waals surface area contributed by atoms with Crippen molar-refractivity contribution in [3.05, 3.63) is 35.4 Å². The van der Waals surface area contributed by atoms with E-state index in [1.54, 1.807) is 0 Å². The van der Waals surface area contributed by atoms with Gasteiger partial charge in [-0.05, 0) is 81.1 Å². The lowest BCUT2D eigenvalue weighted by atomic mass is 9.42. The summed E-state index contributed by atoms with van der Waals surface area (Å²) in [7, 11) is 0. The van der Waals surface area contributed by atoms with E-state index in [0.29, 0.717) is 5.91 Å². The van der Waals surface area contributed by atoms with Crippen LogP contribution in [0.3, 0.4) is 0 Å². The van der Waals surface area contributed by atoms with Crippen LogP contribution >= 0.6 is 0 Å². The number of nitrogens with zero attached hydrogens (tertiary/aromatic N) is 1. The Balaban J connectivity index is 1.52. The van der Waals surface area contributed by atoms with Crippen LogP contribution in [0.25, 0.3) is 0 Å². The second kappa shape index (κ2) is 5.09. The van der Waals surface area contributed by atoms with Crippen molar-refractivity contribution < 1.29 is 4.79 Å². The molecule has 128 valence electrons. The molecule has 1 aromatic carbocycles. The number of hydrogen-bond donors (Lipinski definition) is 0. The Hall–Kier alpha value is -1.31. The summed E-state index contributed by atoms with van der Waals surface area (Å²) in [4.78, 5) is 15.7. The maximum Gasteiger partial charge on any atom is 0.228 e. The molecule has 1 aromatic rings. The highest BCUT2D eigenvalue weighted by Crippen LogP contribution is 2.66. The standard InChI is InChI=1S/C22H29NO/c1-16-4-6-19(7-5-16)21-11-17-10-18(12-21)14-22(13-17,15-21)20(24)23-8-2-3-9-23/h4-7,17-18H,2-3,8-15H2,1H3/t17-,18-,21?,22?/m0/s1. The van der Waals surface area contributed by atoms with E-state index in [0.717, 1.165) is 31.3 Å². The fraction of sp³-hybridized carbons (Fsp3) is 0.682. The lowest BCUT2D eigenvalue weighted by Crippen LogP contribution is -2.59. The van der Waals surface area contributed by atoms with Gasteiger partial charge in [-0.15, -0.1) is 0 Å². The van der Waals surface area contributed by atoms with Gasteiger partial charge in [0.05, 0.1) is 5.41 Å². The minimum atomic E-state index is -0.0285. The van der Waals surface area contributed by atoms with Crippen LogP contribution in [-0.4, -0.2) is 23.9 Å². The number of aryl methyl sites for hydroxylation is 1. The van der Waals surface area contributed by atoms with Crippen LogP contribution in [0.2, 0.25) is 0 Å². The van der Waals surface area contributed by atoms with E-state index >= 15 is 0 Å². The Morgan fingerprint density at radius 1 is 1.00 bits per heavy atom. The zero-order chi connectivity index (χ0) is 16.4. The van der Waals surface area contributed by atoms with E-state index in [2.05, 4.69) is 36.1 Å². The average Bonchev–Trinajstić information content (AvgIpc) is 3.07. The molecule has 0 radical (unpaired) electrons. The molecule has 4 aliphatic carbocycles. The third-order valence-electron chi connectivity index (χ3n) is 7.57. The number of benzene rings is 1. The number of likely N-dealkylation sites (tertiary alicyclic amines) is 1. The summed E-state index contributed by atoms with van der Waals surface area (Å²) in [6.45, 7) is 4.18. The molecule has 2 heteroatoms. The minimum absolute atomic E-state index is 0.0285. The Morgan fingerprint density at radius 3 is 2.25 bits per heavy atom. The quantitative estimate of drug-likeness (QED) is 0.787. The highest BCUT2D eigenvalue weighted by molar-refractivity contribution is 5.84. The molecule has 24 heavy (non-hydrogen) atoms. The molecule has 6 rings (SSSR count). The first-order chi connectivity index (χ1) is 11.6. The van der Waals surface area contributed by atoms with Gasteiger partial charge in [0.2, 0.25) is 5.91 Å². The Kier molecular flexibility index (Phi) is 3.18. The van der Waals surface area contributed by atoms with Crippen molar-refractivity contribution in [3.8, 4) is 0 Å². The van der Waals surface area contributed by atoms with E-state index in [1.165, 1.54) is 56.1 Å². The molecule has 0 spiro atoms. The normalized spacial score (nSPS) is 40.3. The van der Waals surface area contributed by atoms with Crippen molar-refractivity contribution in [1.82, 2.24) is 4.90 Å². The topological polar surface area (TPSA) is 20.3 Å². The summed E-state index contributed by atoms with van der Waals surface area (Å²) < 4.78 is 0. The van der Waals surface area contributed by atoms with Gasteiger partial charge in [0.1, 0.15) is 0 Å². The Labute approximate surface area is 145 Å². The Morgan fingerprint density at radius 2 is 1.62 bits per heavy atom. The molecule has 1 heterocycles. The molecule has 4 bridgehead atoms. The zero-order valence-corrected chi connectivity index (χ0v) is 14.9. The number of rotatable bonds is 2. The van der Waals surface area contributed by atoms with Crippen LogP contribution in [0.5, 0.6) is 0 Å². The number of hydrogen-bond acceptors (Lipinski definition) is 1. The maximum absolute atomic E-state index is 13.5. The van der Waals surface area contributed by atoms with Crippen molar-refractivity contribution in [2.45, 2.75) is 63.7 Å². The molecule has 0 unspecified atom stereocenters. The number of carbonyl (C=O) groups excluding carboxylic acids is 1. The van der Waals surface area contributed by atoms with Crippen molar-refractivity contribution >= 4 is 5.91 Å². The molecule has 1 saturated heterocycles. The SMILES string of the molecule is Cc1ccc(C23C[C@@H]4C[C@H](CC(C(=O)N5CCCC5)(C4)C2)C3)cc1. The third kappa shape index (κ3) is 2.11. The van der Waals surface area contributed by atoms with Gasteiger partial charge >= 0.3 is 0 Å². The zero-order valence-electron chi connectivity index (χ0n) is 14.9. The molecule has 2 nitrogen and oxygen atoms in total. The van der Waals surface area contributed by atoms with E-state index in [-0.39, 0.29) is 10.8 Å². The summed E-state index contributed by atoms with van der Waals surface area (Å²) in [6.07, 6.45) is 9.89. The summed E-state index contributed by atoms with van der Waals surface area (Å²) >= 11 is 0. The van der Waals surface area contributed by atoms with Gasteiger partial charge in [-0.2, -0.15) is 0 Å². The predicted molar refractivity (Wildman–Crippen MR) is 95.8 cm³/mol. The van der Waals surface area contributed by atoms with Crippen LogP contribution in [0.4, 0.5) is 0 Å². The molecule has 0 N–H and O–H groups in total. The summed E-state index contributed by atoms with van der Waals surface area (Å²) in [5, 5.41) is 0. The summed E-state index contributed by atoms with van der Waals surface area (Å²) in [5.41, 5.74) is 3.11. The number of carbonyl (C=O) groups is 1. The fourth-order valence-electron chi connectivity index (χ4n) is 7.01. The van der Waals surface area contributed by atoms with E-state index in [9.17, 15) is 4.79 Å². The highest BCUT2D eigenvalue weighted by atomic mass is 16.2. The third-order valence-corrected chi connectivity index (χ3v) is 7.57. The van der Waals surface area contributed by atoms with Crippen LogP contribution in [-0.2, 0) is 10.2 Å².